The lowest BCUT2D eigenvalue weighted by Gasteiger charge is -2.55. The normalized spacial score (nSPS) is 26.8. The minimum Gasteiger partial charge on any atom is -0.462 e. The highest BCUT2D eigenvalue weighted by atomic mass is 16.5. The molecule has 0 aromatic rings. The highest BCUT2D eigenvalue weighted by molar-refractivity contribution is 5.69. The molecule has 0 saturated heterocycles. The Kier molecular flexibility index (Phi) is 23.1. The van der Waals surface area contributed by atoms with Gasteiger partial charge in [-0.2, -0.15) is 0 Å². The molecule has 0 spiro atoms. The third kappa shape index (κ3) is 16.0. The standard InChI is InChI=1S/C54H93NO5/c1-7-8-9-10-11-16-23-41-59-51(57)27-17-12-14-19-37-55(39-21-22-40-56)38-20-15-13-18-28-52(58)60-46-33-35-53(5)45(42-46)29-30-47-49-32-31-48(44(4)26-24-25-43(2)3)54(49,6)36-34-50(47)53/h16,23,29-30,43-44,46,48-50,56H,7-15,17-22,24-28,31-42H2,1-6H3/b23-16+. The van der Waals surface area contributed by atoms with Crippen LogP contribution in [0.1, 0.15) is 215 Å². The van der Waals surface area contributed by atoms with Crippen LogP contribution in [0.2, 0.25) is 0 Å². The topological polar surface area (TPSA) is 76.1 Å². The predicted molar refractivity (Wildman–Crippen MR) is 251 cm³/mol. The molecule has 0 radical (unpaired) electrons. The third-order valence-corrected chi connectivity index (χ3v) is 15.8. The van der Waals surface area contributed by atoms with Crippen molar-refractivity contribution in [2.75, 3.05) is 32.8 Å². The molecule has 3 saturated carbocycles. The number of ether oxygens (including phenoxy) is 2. The maximum Gasteiger partial charge on any atom is 0.306 e. The zero-order valence-electron chi connectivity index (χ0n) is 39.9. The molecule has 7 unspecified atom stereocenters. The number of hydrogen-bond acceptors (Lipinski definition) is 6. The van der Waals surface area contributed by atoms with Crippen molar-refractivity contribution >= 4 is 11.9 Å². The Morgan fingerprint density at radius 3 is 2.13 bits per heavy atom. The van der Waals surface area contributed by atoms with Gasteiger partial charge in [0.2, 0.25) is 0 Å². The van der Waals surface area contributed by atoms with Crippen LogP contribution < -0.4 is 0 Å². The molecule has 0 aromatic carbocycles. The van der Waals surface area contributed by atoms with Crippen LogP contribution >= 0.6 is 0 Å². The fourth-order valence-electron chi connectivity index (χ4n) is 12.1. The third-order valence-electron chi connectivity index (χ3n) is 15.8. The van der Waals surface area contributed by atoms with E-state index < -0.39 is 0 Å². The van der Waals surface area contributed by atoms with E-state index in [1.165, 1.54) is 76.2 Å². The van der Waals surface area contributed by atoms with Gasteiger partial charge < -0.3 is 19.5 Å². The van der Waals surface area contributed by atoms with Gasteiger partial charge in [0.1, 0.15) is 12.7 Å². The summed E-state index contributed by atoms with van der Waals surface area (Å²) in [4.78, 5) is 27.7. The van der Waals surface area contributed by atoms with E-state index in [9.17, 15) is 14.7 Å². The number of rotatable bonds is 31. The molecule has 60 heavy (non-hydrogen) atoms. The summed E-state index contributed by atoms with van der Waals surface area (Å²) in [6.45, 7) is 18.5. The van der Waals surface area contributed by atoms with Gasteiger partial charge in [-0.25, -0.2) is 0 Å². The van der Waals surface area contributed by atoms with Crippen molar-refractivity contribution < 1.29 is 24.2 Å². The molecule has 344 valence electrons. The largest absolute Gasteiger partial charge is 0.462 e. The van der Waals surface area contributed by atoms with Crippen LogP contribution in [0.25, 0.3) is 0 Å². The monoisotopic (exact) mass is 836 g/mol. The van der Waals surface area contributed by atoms with Crippen LogP contribution in [0, 0.1) is 40.4 Å². The second-order valence-electron chi connectivity index (χ2n) is 20.9. The number of esters is 2. The van der Waals surface area contributed by atoms with Gasteiger partial charge in [0.25, 0.3) is 0 Å². The maximum absolute atomic E-state index is 13.0. The lowest BCUT2D eigenvalue weighted by Crippen LogP contribution is -2.46. The number of fused-ring (bicyclic) bond motifs is 5. The second kappa shape index (κ2) is 27.3. The summed E-state index contributed by atoms with van der Waals surface area (Å²) in [5.74, 6) is 3.82. The lowest BCUT2D eigenvalue weighted by molar-refractivity contribution is -0.151. The molecule has 3 fully saturated rings. The molecule has 0 bridgehead atoms. The van der Waals surface area contributed by atoms with Crippen molar-refractivity contribution in [2.24, 2.45) is 40.4 Å². The summed E-state index contributed by atoms with van der Waals surface area (Å²) in [6, 6.07) is 0. The van der Waals surface area contributed by atoms with E-state index in [1.807, 2.05) is 6.08 Å². The zero-order valence-corrected chi connectivity index (χ0v) is 39.9. The molecule has 0 amide bonds. The van der Waals surface area contributed by atoms with Crippen molar-refractivity contribution in [1.29, 1.82) is 0 Å². The second-order valence-corrected chi connectivity index (χ2v) is 20.9. The first-order chi connectivity index (χ1) is 29.0. The Bertz CT molecular complexity index is 1330. The van der Waals surface area contributed by atoms with E-state index in [2.05, 4.69) is 64.7 Å². The number of carbonyl (C=O) groups is 2. The van der Waals surface area contributed by atoms with E-state index in [-0.39, 0.29) is 30.1 Å². The fourth-order valence-corrected chi connectivity index (χ4v) is 12.1. The summed E-state index contributed by atoms with van der Waals surface area (Å²) in [7, 11) is 0. The molecule has 6 heteroatoms. The van der Waals surface area contributed by atoms with E-state index in [0.717, 1.165) is 133 Å². The summed E-state index contributed by atoms with van der Waals surface area (Å²) >= 11 is 0. The molecule has 4 aliphatic carbocycles. The van der Waals surface area contributed by atoms with Crippen molar-refractivity contribution in [1.82, 2.24) is 4.90 Å². The van der Waals surface area contributed by atoms with E-state index in [4.69, 9.17) is 9.47 Å². The van der Waals surface area contributed by atoms with Gasteiger partial charge in [0.05, 0.1) is 0 Å². The van der Waals surface area contributed by atoms with Crippen LogP contribution in [-0.2, 0) is 19.1 Å². The van der Waals surface area contributed by atoms with Gasteiger partial charge in [-0.05, 0) is 150 Å². The smallest absolute Gasteiger partial charge is 0.306 e. The SMILES string of the molecule is CCCCCC/C=C/COC(=O)CCCCCCN(CCCCO)CCCCCCC(=O)OC1CCC2(C)C(=CC=C3C2CCC2(C)C3CCC2C(C)CCCC(C)C)C1. The van der Waals surface area contributed by atoms with Gasteiger partial charge in [0.15, 0.2) is 0 Å². The maximum atomic E-state index is 13.0. The Morgan fingerprint density at radius 2 is 1.43 bits per heavy atom. The number of unbranched alkanes of at least 4 members (excludes halogenated alkanes) is 11. The molecule has 0 heterocycles. The zero-order chi connectivity index (χ0) is 43.2. The molecular formula is C54H93NO5. The van der Waals surface area contributed by atoms with Crippen molar-refractivity contribution in [3.8, 4) is 0 Å². The average molecular weight is 836 g/mol. The van der Waals surface area contributed by atoms with Gasteiger partial charge in [-0.1, -0.05) is 141 Å². The molecule has 0 aliphatic heterocycles. The summed E-state index contributed by atoms with van der Waals surface area (Å²) < 4.78 is 11.5. The Hall–Kier alpha value is -1.92. The van der Waals surface area contributed by atoms with Crippen LogP contribution in [-0.4, -0.2) is 60.9 Å². The average Bonchev–Trinajstić information content (AvgIpc) is 3.58. The van der Waals surface area contributed by atoms with Gasteiger partial charge in [-0.15, -0.1) is 0 Å². The van der Waals surface area contributed by atoms with Crippen LogP contribution in [0.5, 0.6) is 0 Å². The first kappa shape index (κ1) is 50.7. The van der Waals surface area contributed by atoms with Gasteiger partial charge in [0, 0.05) is 25.9 Å². The molecule has 4 aliphatic rings. The predicted octanol–water partition coefficient (Wildman–Crippen LogP) is 13.9. The number of aliphatic hydroxyl groups is 1. The van der Waals surface area contributed by atoms with E-state index in [0.29, 0.717) is 30.8 Å². The highest BCUT2D eigenvalue weighted by Gasteiger charge is 2.57. The Morgan fingerprint density at radius 1 is 0.750 bits per heavy atom. The summed E-state index contributed by atoms with van der Waals surface area (Å²) in [5, 5.41) is 9.33. The summed E-state index contributed by atoms with van der Waals surface area (Å²) in [6.07, 6.45) is 39.3. The molecular weight excluding hydrogens is 743 g/mol. The van der Waals surface area contributed by atoms with E-state index in [1.54, 1.807) is 5.57 Å². The summed E-state index contributed by atoms with van der Waals surface area (Å²) in [5.41, 5.74) is 3.99. The van der Waals surface area contributed by atoms with Gasteiger partial charge in [-0.3, -0.25) is 9.59 Å². The minimum atomic E-state index is -0.0832. The van der Waals surface area contributed by atoms with Crippen LogP contribution in [0.4, 0.5) is 0 Å². The molecule has 6 nitrogen and oxygen atoms in total. The first-order valence-corrected chi connectivity index (χ1v) is 25.8. The first-order valence-electron chi connectivity index (χ1n) is 25.8. The molecule has 0 aromatic heterocycles. The molecule has 4 rings (SSSR count). The number of allylic oxidation sites excluding steroid dienone is 4. The number of nitrogens with zero attached hydrogens (tertiary/aromatic N) is 1. The lowest BCUT2D eigenvalue weighted by atomic mass is 9.50. The number of hydrogen-bond donors (Lipinski definition) is 1. The van der Waals surface area contributed by atoms with Gasteiger partial charge >= 0.3 is 11.9 Å². The number of aliphatic hydroxyl groups excluding tert-OH is 1. The number of carbonyl (C=O) groups excluding carboxylic acids is 2. The van der Waals surface area contributed by atoms with Crippen molar-refractivity contribution in [3.63, 3.8) is 0 Å². The van der Waals surface area contributed by atoms with E-state index >= 15 is 0 Å². The minimum absolute atomic E-state index is 0.00640. The quantitative estimate of drug-likeness (QED) is 0.0426. The highest BCUT2D eigenvalue weighted by Crippen LogP contribution is 2.66. The fraction of sp³-hybridized carbons (Fsp3) is 0.852. The van der Waals surface area contributed by atoms with Crippen molar-refractivity contribution in [3.05, 3.63) is 35.5 Å². The van der Waals surface area contributed by atoms with Crippen LogP contribution in [0.15, 0.2) is 35.5 Å². The van der Waals surface area contributed by atoms with Crippen LogP contribution in [0.3, 0.4) is 0 Å². The Balaban J connectivity index is 1.09. The Labute approximate surface area is 369 Å². The molecule has 1 N–H and O–H groups in total. The van der Waals surface area contributed by atoms with Crippen molar-refractivity contribution in [2.45, 2.75) is 221 Å². The molecule has 7 atom stereocenters.